The lowest BCUT2D eigenvalue weighted by Gasteiger charge is -2.19. The summed E-state index contributed by atoms with van der Waals surface area (Å²) in [7, 11) is 0. The molecular formula is C10H11BrClNO. The molecule has 14 heavy (non-hydrogen) atoms. The lowest BCUT2D eigenvalue weighted by molar-refractivity contribution is 0.475. The molecule has 1 aromatic rings. The van der Waals surface area contributed by atoms with Crippen molar-refractivity contribution in [2.24, 2.45) is 0 Å². The van der Waals surface area contributed by atoms with Gasteiger partial charge in [-0.25, -0.2) is 0 Å². The molecule has 0 amide bonds. The van der Waals surface area contributed by atoms with Crippen LogP contribution in [0.2, 0.25) is 5.02 Å². The minimum atomic E-state index is 0.150. The van der Waals surface area contributed by atoms with Crippen LogP contribution in [-0.2, 0) is 0 Å². The van der Waals surface area contributed by atoms with E-state index in [0.29, 0.717) is 5.02 Å². The van der Waals surface area contributed by atoms with Crippen molar-refractivity contribution in [1.82, 2.24) is 0 Å². The number of aromatic hydroxyl groups is 1. The number of anilines is 1. The molecule has 2 nitrogen and oxygen atoms in total. The van der Waals surface area contributed by atoms with Crippen molar-refractivity contribution < 1.29 is 5.11 Å². The molecule has 0 saturated carbocycles. The first-order valence-electron chi connectivity index (χ1n) is 4.61. The lowest BCUT2D eigenvalue weighted by Crippen LogP contribution is -2.17. The van der Waals surface area contributed by atoms with Crippen LogP contribution in [0.25, 0.3) is 0 Å². The number of phenols is 1. The van der Waals surface area contributed by atoms with Gasteiger partial charge in [0.05, 0.1) is 10.7 Å². The Balaban J connectivity index is 2.37. The average Bonchev–Trinajstić information content (AvgIpc) is 2.64. The fraction of sp³-hybridized carbons (Fsp3) is 0.400. The Labute approximate surface area is 96.6 Å². The van der Waals surface area contributed by atoms with E-state index in [0.717, 1.165) is 23.2 Å². The summed E-state index contributed by atoms with van der Waals surface area (Å²) in [5.74, 6) is 0.150. The third-order valence-electron chi connectivity index (χ3n) is 2.46. The second-order valence-corrected chi connectivity index (χ2v) is 4.71. The molecule has 1 N–H and O–H groups in total. The summed E-state index contributed by atoms with van der Waals surface area (Å²) in [6, 6.07) is 3.46. The number of halogens is 2. The molecule has 76 valence electrons. The molecule has 0 bridgehead atoms. The SMILES string of the molecule is Oc1cc(N2CCCC2)c(Br)cc1Cl. The van der Waals surface area contributed by atoms with Gasteiger partial charge in [0.1, 0.15) is 5.75 Å². The molecule has 1 aliphatic rings. The van der Waals surface area contributed by atoms with E-state index in [9.17, 15) is 5.11 Å². The minimum Gasteiger partial charge on any atom is -0.506 e. The molecule has 1 heterocycles. The predicted octanol–water partition coefficient (Wildman–Crippen LogP) is 3.41. The van der Waals surface area contributed by atoms with E-state index in [-0.39, 0.29) is 5.75 Å². The fourth-order valence-electron chi connectivity index (χ4n) is 1.73. The summed E-state index contributed by atoms with van der Waals surface area (Å²) in [5, 5.41) is 9.89. The van der Waals surface area contributed by atoms with Crippen molar-refractivity contribution in [3.05, 3.63) is 21.6 Å². The number of hydrogen-bond acceptors (Lipinski definition) is 2. The molecule has 1 aliphatic heterocycles. The van der Waals surface area contributed by atoms with Crippen molar-refractivity contribution in [2.75, 3.05) is 18.0 Å². The van der Waals surface area contributed by atoms with Crippen molar-refractivity contribution in [1.29, 1.82) is 0 Å². The first-order valence-corrected chi connectivity index (χ1v) is 5.78. The van der Waals surface area contributed by atoms with Gasteiger partial charge in [-0.3, -0.25) is 0 Å². The van der Waals surface area contributed by atoms with E-state index >= 15 is 0 Å². The zero-order chi connectivity index (χ0) is 10.1. The lowest BCUT2D eigenvalue weighted by atomic mass is 10.3. The third-order valence-corrected chi connectivity index (χ3v) is 3.40. The quantitative estimate of drug-likeness (QED) is 0.850. The second kappa shape index (κ2) is 3.99. The highest BCUT2D eigenvalue weighted by molar-refractivity contribution is 9.10. The van der Waals surface area contributed by atoms with Crippen molar-refractivity contribution >= 4 is 33.2 Å². The van der Waals surface area contributed by atoms with E-state index in [1.165, 1.54) is 12.8 Å². The van der Waals surface area contributed by atoms with Crippen molar-refractivity contribution in [2.45, 2.75) is 12.8 Å². The molecule has 0 aromatic heterocycles. The zero-order valence-electron chi connectivity index (χ0n) is 7.63. The molecule has 2 rings (SSSR count). The summed E-state index contributed by atoms with van der Waals surface area (Å²) in [6.07, 6.45) is 2.44. The first kappa shape index (κ1) is 10.1. The van der Waals surface area contributed by atoms with Crippen LogP contribution in [0, 0.1) is 0 Å². The molecule has 0 aliphatic carbocycles. The Morgan fingerprint density at radius 1 is 1.29 bits per heavy atom. The Bertz CT molecular complexity index is 350. The number of nitrogens with zero attached hydrogens (tertiary/aromatic N) is 1. The maximum absolute atomic E-state index is 9.51. The van der Waals surface area contributed by atoms with Gasteiger partial charge in [-0.2, -0.15) is 0 Å². The highest BCUT2D eigenvalue weighted by atomic mass is 79.9. The molecule has 0 unspecified atom stereocenters. The van der Waals surface area contributed by atoms with Gasteiger partial charge in [0.2, 0.25) is 0 Å². The maximum atomic E-state index is 9.51. The Hall–Kier alpha value is -0.410. The normalized spacial score (nSPS) is 16.3. The van der Waals surface area contributed by atoms with Crippen LogP contribution in [-0.4, -0.2) is 18.2 Å². The summed E-state index contributed by atoms with van der Waals surface area (Å²) >= 11 is 9.25. The summed E-state index contributed by atoms with van der Waals surface area (Å²) in [5.41, 5.74) is 1.03. The molecule has 0 atom stereocenters. The summed E-state index contributed by atoms with van der Waals surface area (Å²) in [4.78, 5) is 2.25. The Kier molecular flexibility index (Phi) is 2.88. The molecule has 4 heteroatoms. The minimum absolute atomic E-state index is 0.150. The topological polar surface area (TPSA) is 23.5 Å². The van der Waals surface area contributed by atoms with E-state index in [1.807, 2.05) is 0 Å². The van der Waals surface area contributed by atoms with Gasteiger partial charge in [0.15, 0.2) is 0 Å². The zero-order valence-corrected chi connectivity index (χ0v) is 9.98. The van der Waals surface area contributed by atoms with E-state index in [1.54, 1.807) is 12.1 Å². The Morgan fingerprint density at radius 2 is 1.93 bits per heavy atom. The number of hydrogen-bond donors (Lipinski definition) is 1. The highest BCUT2D eigenvalue weighted by Crippen LogP contribution is 2.36. The second-order valence-electron chi connectivity index (χ2n) is 3.45. The average molecular weight is 277 g/mol. The van der Waals surface area contributed by atoms with Gasteiger partial charge in [-0.15, -0.1) is 0 Å². The smallest absolute Gasteiger partial charge is 0.136 e. The van der Waals surface area contributed by atoms with Gasteiger partial charge < -0.3 is 10.0 Å². The maximum Gasteiger partial charge on any atom is 0.136 e. The molecule has 1 aromatic carbocycles. The third kappa shape index (κ3) is 1.84. The largest absolute Gasteiger partial charge is 0.506 e. The van der Waals surface area contributed by atoms with Crippen molar-refractivity contribution in [3.8, 4) is 5.75 Å². The van der Waals surface area contributed by atoms with Crippen molar-refractivity contribution in [3.63, 3.8) is 0 Å². The van der Waals surface area contributed by atoms with Crippen LogP contribution in [0.15, 0.2) is 16.6 Å². The molecule has 1 fully saturated rings. The van der Waals surface area contributed by atoms with Crippen LogP contribution < -0.4 is 4.90 Å². The summed E-state index contributed by atoms with van der Waals surface area (Å²) < 4.78 is 0.946. The standard InChI is InChI=1S/C10H11BrClNO/c11-7-5-8(12)10(14)6-9(7)13-3-1-2-4-13/h5-6,14H,1-4H2. The van der Waals surface area contributed by atoms with Crippen LogP contribution in [0.1, 0.15) is 12.8 Å². The van der Waals surface area contributed by atoms with Crippen LogP contribution in [0.3, 0.4) is 0 Å². The molecule has 1 saturated heterocycles. The van der Waals surface area contributed by atoms with Gasteiger partial charge in [0, 0.05) is 23.6 Å². The predicted molar refractivity (Wildman–Crippen MR) is 62.3 cm³/mol. The summed E-state index contributed by atoms with van der Waals surface area (Å²) in [6.45, 7) is 2.11. The van der Waals surface area contributed by atoms with Crippen LogP contribution in [0.5, 0.6) is 5.75 Å². The fourth-order valence-corrected chi connectivity index (χ4v) is 2.62. The molecular weight excluding hydrogens is 265 g/mol. The van der Waals surface area contributed by atoms with Crippen LogP contribution >= 0.6 is 27.5 Å². The van der Waals surface area contributed by atoms with E-state index in [4.69, 9.17) is 11.6 Å². The Morgan fingerprint density at radius 3 is 2.57 bits per heavy atom. The number of benzene rings is 1. The number of phenolic OH excluding ortho intramolecular Hbond substituents is 1. The van der Waals surface area contributed by atoms with Gasteiger partial charge in [0.25, 0.3) is 0 Å². The highest BCUT2D eigenvalue weighted by Gasteiger charge is 2.16. The van der Waals surface area contributed by atoms with E-state index < -0.39 is 0 Å². The van der Waals surface area contributed by atoms with Gasteiger partial charge >= 0.3 is 0 Å². The first-order chi connectivity index (χ1) is 6.68. The monoisotopic (exact) mass is 275 g/mol. The van der Waals surface area contributed by atoms with Gasteiger partial charge in [-0.1, -0.05) is 11.6 Å². The van der Waals surface area contributed by atoms with E-state index in [2.05, 4.69) is 20.8 Å². The molecule has 0 radical (unpaired) electrons. The molecule has 0 spiro atoms. The van der Waals surface area contributed by atoms with Gasteiger partial charge in [-0.05, 0) is 34.8 Å². The van der Waals surface area contributed by atoms with Crippen LogP contribution in [0.4, 0.5) is 5.69 Å². The number of rotatable bonds is 1.